The number of ether oxygens (including phenoxy) is 5. The van der Waals surface area contributed by atoms with E-state index in [0.29, 0.717) is 72.1 Å². The first-order valence-electron chi connectivity index (χ1n) is 30.2. The van der Waals surface area contributed by atoms with Crippen molar-refractivity contribution in [1.29, 1.82) is 0 Å². The Balaban J connectivity index is 0.000000136. The standard InChI is InChI=1S/C27H32N2O3.C21H21NO2.C13H17N2O4P.C7H8BNO3/c30-27-14-16-29-26(27)13-15-28-25-12-11-24(32-19-22-9-5-2-6-10-22)17-23(25)20-31-18-21-7-3-1-4-8-21;22-21-12-11-20(24-15-18-9-5-2-6-10-18)13-19(21)16-23-14-17-7-3-1-4-8-17;16-10-1-2-11-9(7-10)8-19-20(18)14(11)5-3-12-13(17)4-6-15(12)20;8-7(11)9-2-1-5-4(9)3-6(10)12-5/h1-12,17,26-30H,13-16,18-20H2;1-13H,14-16,22H2;1-2,7,12-13,16-17H,3-6,8H2;4-5H,1-3H2. The number of nitrogens with zero attached hydrogens (tertiary/aromatic N) is 3. The molecule has 6 heterocycles. The van der Waals surface area contributed by atoms with Gasteiger partial charge in [0, 0.05) is 72.7 Å². The smallest absolute Gasteiger partial charge is 0.371 e. The molecule has 18 nitrogen and oxygen atoms in total. The summed E-state index contributed by atoms with van der Waals surface area (Å²) >= 11 is 0. The van der Waals surface area contributed by atoms with Crippen LogP contribution in [0.1, 0.15) is 77.5 Å². The molecule has 2 radical (unpaired) electrons. The number of fused-ring (bicyclic) bond motifs is 6. The van der Waals surface area contributed by atoms with Crippen LogP contribution in [0.2, 0.25) is 0 Å². The summed E-state index contributed by atoms with van der Waals surface area (Å²) in [5.41, 5.74) is 16.1. The SMILES string of the molecule is Nc1ccc(OCc2ccccc2)cc1COCc1ccccc1.O=P12OCc3cc(O)ccc3N1CCC1C(O)CCN12.OC1CCNC1CCNc1ccc(OCc2ccccc2)cc1COCc1ccccc1.[B]C(=O)N1CCC2OC(=O)CC21. The molecule has 6 aliphatic rings. The van der Waals surface area contributed by atoms with Crippen molar-refractivity contribution in [2.45, 2.75) is 121 Å². The first kappa shape index (κ1) is 63.3. The summed E-state index contributed by atoms with van der Waals surface area (Å²) in [6.45, 7) is 6.87. The molecule has 7 atom stereocenters. The molecule has 20 heteroatoms. The Labute approximate surface area is 516 Å². The van der Waals surface area contributed by atoms with Crippen molar-refractivity contribution in [1.82, 2.24) is 14.9 Å². The van der Waals surface area contributed by atoms with E-state index in [1.807, 2.05) is 131 Å². The van der Waals surface area contributed by atoms with Crippen molar-refractivity contribution in [3.8, 4) is 17.2 Å². The number of aliphatic hydroxyl groups is 2. The number of hydrogen-bond donors (Lipinski definition) is 6. The molecule has 1 amide bonds. The van der Waals surface area contributed by atoms with Gasteiger partial charge in [0.2, 0.25) is 7.85 Å². The van der Waals surface area contributed by atoms with Crippen LogP contribution in [0.15, 0.2) is 176 Å². The van der Waals surface area contributed by atoms with Crippen LogP contribution in [0.3, 0.4) is 0 Å². The van der Waals surface area contributed by atoms with Gasteiger partial charge in [-0.05, 0) is 109 Å². The molecule has 7 aromatic rings. The largest absolute Gasteiger partial charge is 0.508 e. The third-order valence-corrected chi connectivity index (χ3v) is 19.0. The fourth-order valence-electron chi connectivity index (χ4n) is 11.7. The number of hydrogen-bond acceptors (Lipinski definition) is 15. The molecule has 0 bridgehead atoms. The number of phenolic OH excluding ortho intramolecular Hbond substituents is 1. The Morgan fingerprint density at radius 2 is 1.25 bits per heavy atom. The number of carbonyl (C=O) groups is 2. The lowest BCUT2D eigenvalue weighted by atomic mass is 10.1. The topological polar surface area (TPSA) is 227 Å². The summed E-state index contributed by atoms with van der Waals surface area (Å²) in [4.78, 5) is 23.2. The Morgan fingerprint density at radius 1 is 0.659 bits per heavy atom. The fraction of sp³-hybridized carbons (Fsp3) is 0.353. The highest BCUT2D eigenvalue weighted by molar-refractivity contribution is 7.58. The number of likely N-dealkylation sites (tertiary alicyclic amines) is 1. The van der Waals surface area contributed by atoms with Crippen LogP contribution in [0.5, 0.6) is 17.2 Å². The van der Waals surface area contributed by atoms with Gasteiger partial charge in [-0.25, -0.2) is 9.24 Å². The molecule has 7 unspecified atom stereocenters. The number of phenols is 1. The highest BCUT2D eigenvalue weighted by Gasteiger charge is 2.53. The summed E-state index contributed by atoms with van der Waals surface area (Å²) in [6, 6.07) is 57.4. The van der Waals surface area contributed by atoms with E-state index in [-0.39, 0.29) is 48.7 Å². The van der Waals surface area contributed by atoms with Gasteiger partial charge in [-0.2, -0.15) is 0 Å². The van der Waals surface area contributed by atoms with E-state index in [2.05, 4.69) is 47.0 Å². The molecule has 0 saturated carbocycles. The van der Waals surface area contributed by atoms with Crippen molar-refractivity contribution in [3.63, 3.8) is 0 Å². The average molecular weight is 1210 g/mol. The van der Waals surface area contributed by atoms with Crippen LogP contribution >= 0.6 is 7.67 Å². The van der Waals surface area contributed by atoms with E-state index in [9.17, 15) is 29.5 Å². The fourth-order valence-corrected chi connectivity index (χ4v) is 14.4. The van der Waals surface area contributed by atoms with Crippen molar-refractivity contribution >= 4 is 44.4 Å². The van der Waals surface area contributed by atoms with Crippen molar-refractivity contribution in [2.75, 3.05) is 48.4 Å². The lowest BCUT2D eigenvalue weighted by molar-refractivity contribution is -0.141. The summed E-state index contributed by atoms with van der Waals surface area (Å²) < 4.78 is 51.3. The molecule has 5 saturated heterocycles. The van der Waals surface area contributed by atoms with E-state index < -0.39 is 19.6 Å². The summed E-state index contributed by atoms with van der Waals surface area (Å²) in [6.07, 6.45) is 3.38. The normalized spacial score (nSPS) is 22.2. The highest BCUT2D eigenvalue weighted by atomic mass is 31.2. The molecular weight excluding hydrogens is 1130 g/mol. The second-order valence-corrected chi connectivity index (χ2v) is 24.7. The molecule has 13 rings (SSSR count). The van der Waals surface area contributed by atoms with Gasteiger partial charge >= 0.3 is 13.6 Å². The van der Waals surface area contributed by atoms with Crippen LogP contribution in [0.25, 0.3) is 0 Å². The number of amides is 1. The molecule has 0 spiro atoms. The molecule has 7 N–H and O–H groups in total. The van der Waals surface area contributed by atoms with Crippen LogP contribution in [0.4, 0.5) is 21.9 Å². The molecule has 0 aliphatic carbocycles. The van der Waals surface area contributed by atoms with Crippen molar-refractivity contribution < 1.29 is 57.7 Å². The van der Waals surface area contributed by atoms with E-state index in [1.165, 1.54) is 4.90 Å². The van der Waals surface area contributed by atoms with Crippen LogP contribution in [-0.4, -0.2) is 114 Å². The minimum Gasteiger partial charge on any atom is -0.508 e. The molecule has 6 aliphatic heterocycles. The van der Waals surface area contributed by atoms with Gasteiger partial charge in [0.15, 0.2) is 5.81 Å². The van der Waals surface area contributed by atoms with Gasteiger partial charge in [-0.15, -0.1) is 0 Å². The van der Waals surface area contributed by atoms with Crippen molar-refractivity contribution in [2.24, 2.45) is 0 Å². The van der Waals surface area contributed by atoms with E-state index in [0.717, 1.165) is 106 Å². The number of nitrogens with two attached hydrogens (primary N) is 1. The predicted octanol–water partition coefficient (Wildman–Crippen LogP) is 10.4. The van der Waals surface area contributed by atoms with Gasteiger partial charge in [-0.1, -0.05) is 121 Å². The predicted molar refractivity (Wildman–Crippen MR) is 339 cm³/mol. The van der Waals surface area contributed by atoms with E-state index in [4.69, 9.17) is 41.8 Å². The first-order chi connectivity index (χ1) is 42.9. The number of aliphatic hydroxyl groups excluding tert-OH is 2. The number of benzene rings is 7. The maximum absolute atomic E-state index is 13.3. The average Bonchev–Trinajstić information content (AvgIpc) is 1.42. The second-order valence-electron chi connectivity index (χ2n) is 22.5. The lowest BCUT2D eigenvalue weighted by Gasteiger charge is -2.47. The number of aromatic hydroxyl groups is 1. The molecule has 5 fully saturated rings. The van der Waals surface area contributed by atoms with Crippen LogP contribution in [-0.2, 0) is 74.3 Å². The number of rotatable bonds is 18. The Kier molecular flexibility index (Phi) is 22.3. The second kappa shape index (κ2) is 31.0. The third-order valence-electron chi connectivity index (χ3n) is 16.4. The number of nitrogens with one attached hydrogen (secondary N) is 2. The highest BCUT2D eigenvalue weighted by Crippen LogP contribution is 2.65. The maximum Gasteiger partial charge on any atom is 0.371 e. The minimum absolute atomic E-state index is 0.0595. The number of esters is 1. The first-order valence-corrected chi connectivity index (χ1v) is 31.7. The summed E-state index contributed by atoms with van der Waals surface area (Å²) in [5, 5.41) is 36.5. The number of anilines is 3. The zero-order valence-corrected chi connectivity index (χ0v) is 50.3. The molecule has 7 aromatic carbocycles. The summed E-state index contributed by atoms with van der Waals surface area (Å²) in [5.74, 6) is 1.13. The van der Waals surface area contributed by atoms with Gasteiger partial charge in [0.1, 0.15) is 36.6 Å². The molecule has 460 valence electrons. The van der Waals surface area contributed by atoms with Crippen molar-refractivity contribution in [3.05, 3.63) is 215 Å². The Bertz CT molecular complexity index is 3420. The molecule has 88 heavy (non-hydrogen) atoms. The Hall–Kier alpha value is -7.71. The van der Waals surface area contributed by atoms with Crippen LogP contribution in [0, 0.1) is 0 Å². The zero-order valence-electron chi connectivity index (χ0n) is 49.4. The van der Waals surface area contributed by atoms with Gasteiger partial charge in [0.25, 0.3) is 0 Å². The van der Waals surface area contributed by atoms with E-state index in [1.54, 1.807) is 18.2 Å². The lowest BCUT2D eigenvalue weighted by Crippen LogP contribution is -2.47. The van der Waals surface area contributed by atoms with Gasteiger partial charge < -0.3 is 60.3 Å². The number of nitrogen functional groups attached to an aromatic ring is 1. The van der Waals surface area contributed by atoms with E-state index >= 15 is 0 Å². The molecular formula is C68H78BN6O12P. The number of carbonyl (C=O) groups excluding carboxylic acids is 2. The zero-order chi connectivity index (χ0) is 61.2. The maximum atomic E-state index is 13.3. The van der Waals surface area contributed by atoms with Gasteiger partial charge in [-0.3, -0.25) is 18.8 Å². The summed E-state index contributed by atoms with van der Waals surface area (Å²) in [7, 11) is 2.04. The monoisotopic (exact) mass is 1210 g/mol. The Morgan fingerprint density at radius 3 is 1.85 bits per heavy atom. The van der Waals surface area contributed by atoms with Crippen LogP contribution < -0.4 is 30.5 Å². The minimum atomic E-state index is -3.08. The third kappa shape index (κ3) is 16.9. The molecule has 0 aromatic heterocycles. The quantitative estimate of drug-likeness (QED) is 0.0203. The van der Waals surface area contributed by atoms with Gasteiger partial charge in [0.05, 0.1) is 63.4 Å².